The van der Waals surface area contributed by atoms with Gasteiger partial charge in [0, 0.05) is 38.3 Å². The van der Waals surface area contributed by atoms with Crippen LogP contribution in [0, 0.1) is 6.92 Å². The van der Waals surface area contributed by atoms with Gasteiger partial charge in [-0.2, -0.15) is 0 Å². The van der Waals surface area contributed by atoms with Gasteiger partial charge in [-0.1, -0.05) is 0 Å². The molecule has 1 saturated heterocycles. The number of ether oxygens (including phenoxy) is 1. The second-order valence-electron chi connectivity index (χ2n) is 7.22. The maximum absolute atomic E-state index is 12.5. The van der Waals surface area contributed by atoms with Crippen LogP contribution in [0.2, 0.25) is 0 Å². The molecule has 0 unspecified atom stereocenters. The topological polar surface area (TPSA) is 76.5 Å². The molecule has 2 aromatic rings. The van der Waals surface area contributed by atoms with E-state index in [1.54, 1.807) is 29.7 Å². The number of aryl methyl sites for hydroxylation is 2. The van der Waals surface area contributed by atoms with Crippen LogP contribution in [0.15, 0.2) is 23.0 Å². The number of nitrogens with one attached hydrogen (secondary N) is 1. The number of carbonyl (C=O) groups is 1. The van der Waals surface area contributed by atoms with Gasteiger partial charge in [0.15, 0.2) is 0 Å². The highest BCUT2D eigenvalue weighted by Crippen LogP contribution is 2.14. The SMILES string of the molecule is CCn1c(=O)c(C)nc2cc(C(=O)NCCN3C[C@@H](C)O[C@H](C)C3)ccc21. The zero-order valence-electron chi connectivity index (χ0n) is 16.5. The molecule has 1 amide bonds. The predicted octanol–water partition coefficient (Wildman–Crippen LogP) is 1.56. The number of nitrogens with zero attached hydrogens (tertiary/aromatic N) is 3. The van der Waals surface area contributed by atoms with E-state index in [4.69, 9.17) is 4.74 Å². The summed E-state index contributed by atoms with van der Waals surface area (Å²) in [5.74, 6) is -0.125. The molecular weight excluding hydrogens is 344 g/mol. The quantitative estimate of drug-likeness (QED) is 0.862. The summed E-state index contributed by atoms with van der Waals surface area (Å²) in [5.41, 5.74) is 2.33. The monoisotopic (exact) mass is 372 g/mol. The molecule has 7 nitrogen and oxygen atoms in total. The maximum Gasteiger partial charge on any atom is 0.272 e. The van der Waals surface area contributed by atoms with Crippen LogP contribution in [-0.4, -0.2) is 58.7 Å². The molecule has 27 heavy (non-hydrogen) atoms. The number of benzene rings is 1. The van der Waals surface area contributed by atoms with Gasteiger partial charge in [0.25, 0.3) is 11.5 Å². The fraction of sp³-hybridized carbons (Fsp3) is 0.550. The first kappa shape index (κ1) is 19.5. The first-order valence-electron chi connectivity index (χ1n) is 9.56. The van der Waals surface area contributed by atoms with E-state index in [2.05, 4.69) is 29.0 Å². The van der Waals surface area contributed by atoms with Crippen LogP contribution in [0.25, 0.3) is 11.0 Å². The van der Waals surface area contributed by atoms with Crippen molar-refractivity contribution in [2.45, 2.75) is 46.4 Å². The summed E-state index contributed by atoms with van der Waals surface area (Å²) in [6, 6.07) is 5.30. The Hall–Kier alpha value is -2.25. The minimum Gasteiger partial charge on any atom is -0.373 e. The number of fused-ring (bicyclic) bond motifs is 1. The van der Waals surface area contributed by atoms with Gasteiger partial charge in [-0.3, -0.25) is 14.5 Å². The lowest BCUT2D eigenvalue weighted by Crippen LogP contribution is -2.47. The molecule has 3 rings (SSSR count). The van der Waals surface area contributed by atoms with E-state index >= 15 is 0 Å². The highest BCUT2D eigenvalue weighted by atomic mass is 16.5. The third-order valence-electron chi connectivity index (χ3n) is 4.90. The number of carbonyl (C=O) groups excluding carboxylic acids is 1. The van der Waals surface area contributed by atoms with Crippen LogP contribution in [-0.2, 0) is 11.3 Å². The lowest BCUT2D eigenvalue weighted by atomic mass is 10.1. The normalized spacial score (nSPS) is 20.7. The summed E-state index contributed by atoms with van der Waals surface area (Å²) in [4.78, 5) is 31.4. The van der Waals surface area contributed by atoms with Crippen LogP contribution in [0.3, 0.4) is 0 Å². The number of rotatable bonds is 5. The number of hydrogen-bond donors (Lipinski definition) is 1. The predicted molar refractivity (Wildman–Crippen MR) is 105 cm³/mol. The summed E-state index contributed by atoms with van der Waals surface area (Å²) < 4.78 is 7.41. The number of hydrogen-bond acceptors (Lipinski definition) is 5. The van der Waals surface area contributed by atoms with Crippen molar-refractivity contribution in [3.63, 3.8) is 0 Å². The largest absolute Gasteiger partial charge is 0.373 e. The highest BCUT2D eigenvalue weighted by Gasteiger charge is 2.21. The van der Waals surface area contributed by atoms with Crippen molar-refractivity contribution < 1.29 is 9.53 Å². The van der Waals surface area contributed by atoms with Crippen LogP contribution in [0.4, 0.5) is 0 Å². The summed E-state index contributed by atoms with van der Waals surface area (Å²) in [7, 11) is 0. The summed E-state index contributed by atoms with van der Waals surface area (Å²) in [6.45, 7) is 11.5. The molecule has 1 fully saturated rings. The van der Waals surface area contributed by atoms with Crippen molar-refractivity contribution in [3.8, 4) is 0 Å². The Morgan fingerprint density at radius 3 is 2.67 bits per heavy atom. The molecule has 1 aromatic carbocycles. The van der Waals surface area contributed by atoms with Crippen molar-refractivity contribution >= 4 is 16.9 Å². The number of aromatic nitrogens is 2. The first-order valence-corrected chi connectivity index (χ1v) is 9.56. The van der Waals surface area contributed by atoms with Gasteiger partial charge in [-0.25, -0.2) is 4.98 Å². The Balaban J connectivity index is 1.67. The maximum atomic E-state index is 12.5. The molecule has 0 radical (unpaired) electrons. The van der Waals surface area contributed by atoms with Gasteiger partial charge in [0.2, 0.25) is 0 Å². The van der Waals surface area contributed by atoms with Gasteiger partial charge < -0.3 is 14.6 Å². The van der Waals surface area contributed by atoms with Gasteiger partial charge >= 0.3 is 0 Å². The zero-order valence-corrected chi connectivity index (χ0v) is 16.5. The molecule has 0 saturated carbocycles. The minimum atomic E-state index is -0.125. The third kappa shape index (κ3) is 4.36. The van der Waals surface area contributed by atoms with E-state index < -0.39 is 0 Å². The molecule has 0 aliphatic carbocycles. The zero-order chi connectivity index (χ0) is 19.6. The van der Waals surface area contributed by atoms with Crippen LogP contribution >= 0.6 is 0 Å². The molecular formula is C20H28N4O3. The lowest BCUT2D eigenvalue weighted by molar-refractivity contribution is -0.0672. The Labute approximate surface area is 159 Å². The minimum absolute atomic E-state index is 0.0869. The van der Waals surface area contributed by atoms with Crippen molar-refractivity contribution in [2.75, 3.05) is 26.2 Å². The molecule has 2 heterocycles. The Kier molecular flexibility index (Phi) is 5.92. The van der Waals surface area contributed by atoms with Crippen LogP contribution in [0.5, 0.6) is 0 Å². The molecule has 146 valence electrons. The first-order chi connectivity index (χ1) is 12.9. The average molecular weight is 372 g/mol. The smallest absolute Gasteiger partial charge is 0.272 e. The van der Waals surface area contributed by atoms with E-state index in [1.807, 2.05) is 6.92 Å². The number of amides is 1. The molecule has 0 spiro atoms. The molecule has 2 atom stereocenters. The standard InChI is InChI=1S/C20H28N4O3/c1-5-24-18-7-6-16(10-17(18)22-15(4)20(24)26)19(25)21-8-9-23-11-13(2)27-14(3)12-23/h6-7,10,13-14H,5,8-9,11-12H2,1-4H3,(H,21,25)/t13-,14-/m1/s1. The molecule has 0 bridgehead atoms. The molecule has 7 heteroatoms. The van der Waals surface area contributed by atoms with Crippen molar-refractivity contribution in [1.82, 2.24) is 19.8 Å². The highest BCUT2D eigenvalue weighted by molar-refractivity contribution is 5.97. The van der Waals surface area contributed by atoms with E-state index in [0.29, 0.717) is 29.9 Å². The summed E-state index contributed by atoms with van der Waals surface area (Å²) in [5, 5.41) is 2.98. The molecule has 1 aliphatic rings. The summed E-state index contributed by atoms with van der Waals surface area (Å²) >= 11 is 0. The van der Waals surface area contributed by atoms with E-state index in [0.717, 1.165) is 25.2 Å². The summed E-state index contributed by atoms with van der Waals surface area (Å²) in [6.07, 6.45) is 0.436. The average Bonchev–Trinajstić information content (AvgIpc) is 2.61. The Morgan fingerprint density at radius 1 is 1.30 bits per heavy atom. The lowest BCUT2D eigenvalue weighted by Gasteiger charge is -2.35. The Morgan fingerprint density at radius 2 is 2.00 bits per heavy atom. The van der Waals surface area contributed by atoms with Crippen LogP contribution < -0.4 is 10.9 Å². The third-order valence-corrected chi connectivity index (χ3v) is 4.90. The van der Waals surface area contributed by atoms with Gasteiger partial charge in [0.05, 0.1) is 23.2 Å². The van der Waals surface area contributed by atoms with Gasteiger partial charge in [0.1, 0.15) is 5.69 Å². The second kappa shape index (κ2) is 8.19. The van der Waals surface area contributed by atoms with Gasteiger partial charge in [-0.15, -0.1) is 0 Å². The van der Waals surface area contributed by atoms with Gasteiger partial charge in [-0.05, 0) is 45.9 Å². The Bertz CT molecular complexity index is 883. The molecule has 1 N–H and O–H groups in total. The fourth-order valence-corrected chi connectivity index (χ4v) is 3.73. The van der Waals surface area contributed by atoms with Crippen molar-refractivity contribution in [1.29, 1.82) is 0 Å². The second-order valence-corrected chi connectivity index (χ2v) is 7.22. The van der Waals surface area contributed by atoms with E-state index in [1.165, 1.54) is 0 Å². The van der Waals surface area contributed by atoms with E-state index in [-0.39, 0.29) is 23.7 Å². The number of morpholine rings is 1. The van der Waals surface area contributed by atoms with E-state index in [9.17, 15) is 9.59 Å². The molecule has 1 aliphatic heterocycles. The molecule has 1 aromatic heterocycles. The van der Waals surface area contributed by atoms with Crippen LogP contribution in [0.1, 0.15) is 36.8 Å². The fourth-order valence-electron chi connectivity index (χ4n) is 3.73. The van der Waals surface area contributed by atoms with Crippen molar-refractivity contribution in [3.05, 3.63) is 39.8 Å². The van der Waals surface area contributed by atoms with Crippen molar-refractivity contribution in [2.24, 2.45) is 0 Å².